The molecule has 0 aliphatic carbocycles. The van der Waals surface area contributed by atoms with Gasteiger partial charge in [0.05, 0.1) is 4.88 Å². The maximum Gasteiger partial charge on any atom is 0.177 e. The van der Waals surface area contributed by atoms with Gasteiger partial charge in [0, 0.05) is 19.7 Å². The maximum absolute atomic E-state index is 9.21. The molecule has 118 valence electrons. The second-order valence-corrected chi connectivity index (χ2v) is 5.96. The lowest BCUT2D eigenvalue weighted by Crippen LogP contribution is -2.04. The van der Waals surface area contributed by atoms with Gasteiger partial charge in [-0.25, -0.2) is 0 Å². The lowest BCUT2D eigenvalue weighted by atomic mass is 10.1. The number of rotatable bonds is 5. The van der Waals surface area contributed by atoms with Gasteiger partial charge >= 0.3 is 0 Å². The van der Waals surface area contributed by atoms with Gasteiger partial charge in [0.15, 0.2) is 11.5 Å². The number of hydrogen-bond donors (Lipinski definition) is 1. The minimum atomic E-state index is 0.586. The third kappa shape index (κ3) is 3.46. The molecule has 0 aromatic carbocycles. The predicted molar refractivity (Wildman–Crippen MR) is 90.2 cm³/mol. The van der Waals surface area contributed by atoms with Crippen LogP contribution in [0.1, 0.15) is 12.7 Å². The molecule has 3 aromatic rings. The Labute approximate surface area is 138 Å². The smallest absolute Gasteiger partial charge is 0.177 e. The summed E-state index contributed by atoms with van der Waals surface area (Å²) < 4.78 is 1.77. The zero-order valence-electron chi connectivity index (χ0n) is 12.9. The van der Waals surface area contributed by atoms with Crippen LogP contribution in [0.2, 0.25) is 0 Å². The van der Waals surface area contributed by atoms with E-state index in [1.54, 1.807) is 29.1 Å². The first-order valence-corrected chi connectivity index (χ1v) is 8.05. The fraction of sp³-hybridized carbons (Fsp3) is 0.188. The SMILES string of the molecule is C/C=C(\C=C/N(C)O)Cc1nnc2ccc(-c3cccs3)nn12. The van der Waals surface area contributed by atoms with E-state index in [1.807, 2.05) is 48.7 Å². The molecule has 0 saturated carbocycles. The second-order valence-electron chi connectivity index (χ2n) is 5.01. The Morgan fingerprint density at radius 2 is 2.22 bits per heavy atom. The van der Waals surface area contributed by atoms with Crippen LogP contribution in [0.3, 0.4) is 0 Å². The lowest BCUT2D eigenvalue weighted by Gasteiger charge is -2.04. The average Bonchev–Trinajstić information content (AvgIpc) is 3.20. The van der Waals surface area contributed by atoms with Crippen LogP contribution in [-0.4, -0.2) is 37.1 Å². The number of fused-ring (bicyclic) bond motifs is 1. The van der Waals surface area contributed by atoms with Crippen molar-refractivity contribution in [2.75, 3.05) is 7.05 Å². The summed E-state index contributed by atoms with van der Waals surface area (Å²) in [5.41, 5.74) is 2.64. The summed E-state index contributed by atoms with van der Waals surface area (Å²) in [4.78, 5) is 1.11. The van der Waals surface area contributed by atoms with E-state index in [-0.39, 0.29) is 0 Å². The molecule has 3 heterocycles. The summed E-state index contributed by atoms with van der Waals surface area (Å²) in [7, 11) is 1.56. The molecule has 0 atom stereocenters. The fourth-order valence-electron chi connectivity index (χ4n) is 2.14. The Morgan fingerprint density at radius 1 is 1.35 bits per heavy atom. The monoisotopic (exact) mass is 327 g/mol. The van der Waals surface area contributed by atoms with Crippen molar-refractivity contribution < 1.29 is 5.21 Å². The molecule has 0 unspecified atom stereocenters. The van der Waals surface area contributed by atoms with E-state index in [9.17, 15) is 5.21 Å². The Morgan fingerprint density at radius 3 is 2.91 bits per heavy atom. The molecule has 3 rings (SSSR count). The minimum Gasteiger partial charge on any atom is -0.289 e. The van der Waals surface area contributed by atoms with Crippen molar-refractivity contribution in [2.45, 2.75) is 13.3 Å². The third-order valence-corrected chi connectivity index (χ3v) is 4.23. The van der Waals surface area contributed by atoms with Gasteiger partial charge in [0.25, 0.3) is 0 Å². The molecule has 0 spiro atoms. The summed E-state index contributed by atoms with van der Waals surface area (Å²) >= 11 is 1.65. The summed E-state index contributed by atoms with van der Waals surface area (Å²) in [6.07, 6.45) is 5.99. The van der Waals surface area contributed by atoms with Crippen molar-refractivity contribution in [3.8, 4) is 10.6 Å². The van der Waals surface area contributed by atoms with E-state index in [0.717, 1.165) is 32.7 Å². The maximum atomic E-state index is 9.21. The summed E-state index contributed by atoms with van der Waals surface area (Å²) in [5.74, 6) is 0.761. The van der Waals surface area contributed by atoms with Gasteiger partial charge in [-0.05, 0) is 42.2 Å². The molecule has 6 nitrogen and oxygen atoms in total. The minimum absolute atomic E-state index is 0.586. The topological polar surface area (TPSA) is 66.5 Å². The van der Waals surface area contributed by atoms with Crippen LogP contribution in [0.15, 0.2) is 53.6 Å². The lowest BCUT2D eigenvalue weighted by molar-refractivity contribution is -0.0129. The van der Waals surface area contributed by atoms with E-state index in [4.69, 9.17) is 0 Å². The highest BCUT2D eigenvalue weighted by molar-refractivity contribution is 7.13. The van der Waals surface area contributed by atoms with Crippen molar-refractivity contribution in [3.05, 3.63) is 59.4 Å². The Bertz CT molecular complexity index is 849. The molecular weight excluding hydrogens is 310 g/mol. The molecule has 23 heavy (non-hydrogen) atoms. The van der Waals surface area contributed by atoms with Gasteiger partial charge in [-0.3, -0.25) is 10.3 Å². The Balaban J connectivity index is 1.93. The Kier molecular flexibility index (Phi) is 4.50. The fourth-order valence-corrected chi connectivity index (χ4v) is 2.83. The van der Waals surface area contributed by atoms with E-state index < -0.39 is 0 Å². The summed E-state index contributed by atoms with van der Waals surface area (Å²) in [5, 5.41) is 25.3. The highest BCUT2D eigenvalue weighted by Gasteiger charge is 2.10. The van der Waals surface area contributed by atoms with Crippen LogP contribution in [0.5, 0.6) is 0 Å². The van der Waals surface area contributed by atoms with Crippen LogP contribution >= 0.6 is 11.3 Å². The zero-order valence-corrected chi connectivity index (χ0v) is 13.7. The van der Waals surface area contributed by atoms with Crippen LogP contribution in [-0.2, 0) is 6.42 Å². The predicted octanol–water partition coefficient (Wildman–Crippen LogP) is 3.18. The number of thiophene rings is 1. The highest BCUT2D eigenvalue weighted by atomic mass is 32.1. The van der Waals surface area contributed by atoms with Crippen molar-refractivity contribution >= 4 is 17.0 Å². The molecule has 3 aromatic heterocycles. The molecule has 0 amide bonds. The standard InChI is InChI=1S/C16H17N5OS/c1-3-12(8-9-20(2)22)11-16-18-17-15-7-6-13(19-21(15)16)14-5-4-10-23-14/h3-10,22H,11H2,1-2H3/b9-8-,12-3+. The van der Waals surface area contributed by atoms with Gasteiger partial charge in [0.2, 0.25) is 0 Å². The van der Waals surface area contributed by atoms with E-state index >= 15 is 0 Å². The first kappa shape index (κ1) is 15.4. The number of aromatic nitrogens is 4. The molecule has 0 bridgehead atoms. The van der Waals surface area contributed by atoms with E-state index in [2.05, 4.69) is 15.3 Å². The first-order valence-electron chi connectivity index (χ1n) is 7.17. The van der Waals surface area contributed by atoms with Gasteiger partial charge < -0.3 is 0 Å². The van der Waals surface area contributed by atoms with E-state index in [0.29, 0.717) is 6.42 Å². The number of hydroxylamine groups is 2. The zero-order chi connectivity index (χ0) is 16.2. The van der Waals surface area contributed by atoms with Crippen molar-refractivity contribution in [2.24, 2.45) is 0 Å². The largest absolute Gasteiger partial charge is 0.289 e. The van der Waals surface area contributed by atoms with Gasteiger partial charge in [-0.2, -0.15) is 9.61 Å². The van der Waals surface area contributed by atoms with Crippen LogP contribution < -0.4 is 0 Å². The molecule has 0 aliphatic rings. The third-order valence-electron chi connectivity index (χ3n) is 3.34. The van der Waals surface area contributed by atoms with Crippen LogP contribution in [0.25, 0.3) is 16.2 Å². The summed E-state index contributed by atoms with van der Waals surface area (Å²) in [6.45, 7) is 1.95. The Hall–Kier alpha value is -2.51. The normalized spacial score (nSPS) is 12.4. The molecule has 7 heteroatoms. The average molecular weight is 327 g/mol. The highest BCUT2D eigenvalue weighted by Crippen LogP contribution is 2.22. The molecule has 0 aliphatic heterocycles. The first-order chi connectivity index (χ1) is 11.2. The van der Waals surface area contributed by atoms with Crippen molar-refractivity contribution in [3.63, 3.8) is 0 Å². The van der Waals surface area contributed by atoms with E-state index in [1.165, 1.54) is 0 Å². The van der Waals surface area contributed by atoms with Gasteiger partial charge in [0.1, 0.15) is 5.69 Å². The van der Waals surface area contributed by atoms with Crippen LogP contribution in [0, 0.1) is 0 Å². The second kappa shape index (κ2) is 6.72. The molecule has 0 saturated heterocycles. The van der Waals surface area contributed by atoms with Gasteiger partial charge in [-0.15, -0.1) is 21.5 Å². The van der Waals surface area contributed by atoms with Crippen molar-refractivity contribution in [1.29, 1.82) is 0 Å². The molecule has 0 radical (unpaired) electrons. The summed E-state index contributed by atoms with van der Waals surface area (Å²) in [6, 6.07) is 7.93. The number of hydrogen-bond acceptors (Lipinski definition) is 6. The molecule has 0 fully saturated rings. The quantitative estimate of drug-likeness (QED) is 0.576. The molecular formula is C16H17N5OS. The van der Waals surface area contributed by atoms with Gasteiger partial charge in [-0.1, -0.05) is 12.1 Å². The molecule has 1 N–H and O–H groups in total. The number of nitrogens with zero attached hydrogens (tertiary/aromatic N) is 5. The van der Waals surface area contributed by atoms with Crippen molar-refractivity contribution in [1.82, 2.24) is 24.9 Å². The van der Waals surface area contributed by atoms with Crippen LogP contribution in [0.4, 0.5) is 0 Å². The number of allylic oxidation sites excluding steroid dienone is 3.